The number of aliphatic hydroxyl groups is 4. The molecule has 0 aromatic heterocycles. The van der Waals surface area contributed by atoms with Crippen molar-refractivity contribution in [3.05, 3.63) is 0 Å². The lowest BCUT2D eigenvalue weighted by Gasteiger charge is -2.39. The Kier molecular flexibility index (Phi) is 31.2. The Morgan fingerprint density at radius 3 is 1.45 bits per heavy atom. The second-order valence-corrected chi connectivity index (χ2v) is 14.5. The van der Waals surface area contributed by atoms with Crippen LogP contribution in [0.5, 0.6) is 0 Å². The Balaban J connectivity index is 2.19. The molecule has 6 atom stereocenters. The van der Waals surface area contributed by atoms with E-state index < -0.39 is 43.4 Å². The molecular weight excluding hydrogens is 624 g/mol. The summed E-state index contributed by atoms with van der Waals surface area (Å²) in [4.78, 5) is 12.6. The first kappa shape index (κ1) is 46.2. The summed E-state index contributed by atoms with van der Waals surface area (Å²) >= 11 is 0. The zero-order valence-electron chi connectivity index (χ0n) is 31.7. The smallest absolute Gasteiger partial charge is 0.306 e. The van der Waals surface area contributed by atoms with Crippen LogP contribution >= 0.6 is 0 Å². The lowest BCUT2D eigenvalue weighted by molar-refractivity contribution is -0.305. The van der Waals surface area contributed by atoms with Crippen LogP contribution in [-0.4, -0.2) is 89.6 Å². The van der Waals surface area contributed by atoms with Crippen LogP contribution in [0.15, 0.2) is 0 Å². The van der Waals surface area contributed by atoms with Crippen LogP contribution in [-0.2, 0) is 23.7 Å². The molecule has 0 aromatic carbocycles. The van der Waals surface area contributed by atoms with Crippen LogP contribution in [0.3, 0.4) is 0 Å². The largest absolute Gasteiger partial charge is 0.457 e. The van der Waals surface area contributed by atoms with Gasteiger partial charge in [-0.15, -0.1) is 0 Å². The number of ether oxygens (including phenoxy) is 4. The van der Waals surface area contributed by atoms with Gasteiger partial charge in [0.1, 0.15) is 30.5 Å². The molecule has 1 aliphatic rings. The highest BCUT2D eigenvalue weighted by molar-refractivity contribution is 5.69. The molecule has 0 spiro atoms. The number of carbonyl (C=O) groups is 1. The second-order valence-electron chi connectivity index (χ2n) is 14.5. The Morgan fingerprint density at radius 2 is 1.00 bits per heavy atom. The molecule has 0 aromatic rings. The van der Waals surface area contributed by atoms with Crippen LogP contribution in [0.1, 0.15) is 187 Å². The molecule has 1 rings (SSSR count). The lowest BCUT2D eigenvalue weighted by atomic mass is 9.99. The molecule has 292 valence electrons. The van der Waals surface area contributed by atoms with Gasteiger partial charge in [-0.05, 0) is 12.8 Å². The van der Waals surface area contributed by atoms with E-state index in [4.69, 9.17) is 18.9 Å². The summed E-state index contributed by atoms with van der Waals surface area (Å²) in [5, 5.41) is 39.9. The molecule has 9 heteroatoms. The van der Waals surface area contributed by atoms with Crippen LogP contribution in [0.2, 0.25) is 0 Å². The predicted molar refractivity (Wildman–Crippen MR) is 196 cm³/mol. The molecule has 0 aliphatic carbocycles. The van der Waals surface area contributed by atoms with Gasteiger partial charge in [-0.25, -0.2) is 0 Å². The van der Waals surface area contributed by atoms with Gasteiger partial charge in [0.15, 0.2) is 6.29 Å². The molecule has 1 aliphatic heterocycles. The number of hydrogen-bond acceptors (Lipinski definition) is 9. The average Bonchev–Trinajstić information content (AvgIpc) is 3.10. The average molecular weight is 703 g/mol. The van der Waals surface area contributed by atoms with E-state index in [0.29, 0.717) is 13.0 Å². The molecule has 4 N–H and O–H groups in total. The van der Waals surface area contributed by atoms with Crippen molar-refractivity contribution in [3.63, 3.8) is 0 Å². The number of carbonyl (C=O) groups excluding carboxylic acids is 1. The fraction of sp³-hybridized carbons (Fsp3) is 0.975. The molecule has 0 radical (unpaired) electrons. The maximum absolute atomic E-state index is 12.6. The highest BCUT2D eigenvalue weighted by Crippen LogP contribution is 2.22. The molecule has 0 saturated carbocycles. The first-order valence-corrected chi connectivity index (χ1v) is 20.6. The van der Waals surface area contributed by atoms with Gasteiger partial charge in [-0.1, -0.05) is 168 Å². The van der Waals surface area contributed by atoms with Crippen molar-refractivity contribution in [2.75, 3.05) is 26.4 Å². The van der Waals surface area contributed by atoms with E-state index in [9.17, 15) is 25.2 Å². The molecule has 0 bridgehead atoms. The van der Waals surface area contributed by atoms with Crippen LogP contribution < -0.4 is 0 Å². The zero-order chi connectivity index (χ0) is 35.8. The molecular formula is C40H78O9. The molecule has 0 amide bonds. The van der Waals surface area contributed by atoms with Crippen LogP contribution in [0.25, 0.3) is 0 Å². The molecule has 49 heavy (non-hydrogen) atoms. The number of hydrogen-bond donors (Lipinski definition) is 4. The standard InChI is InChI=1S/C40H78O9/c1-3-5-7-9-11-12-13-14-15-16-17-18-19-20-21-22-24-26-28-30-46-32-34(48-36(42)29-27-25-23-10-8-6-4-2)33-47-40-39(45)38(44)37(43)35(31-41)49-40/h34-35,37-41,43-45H,3-33H2,1-2H3. The lowest BCUT2D eigenvalue weighted by Crippen LogP contribution is -2.59. The first-order valence-electron chi connectivity index (χ1n) is 20.6. The summed E-state index contributed by atoms with van der Waals surface area (Å²) in [7, 11) is 0. The van der Waals surface area contributed by atoms with Gasteiger partial charge >= 0.3 is 5.97 Å². The van der Waals surface area contributed by atoms with Crippen LogP contribution in [0.4, 0.5) is 0 Å². The van der Waals surface area contributed by atoms with E-state index in [2.05, 4.69) is 13.8 Å². The summed E-state index contributed by atoms with van der Waals surface area (Å²) in [5.74, 6) is -0.317. The van der Waals surface area contributed by atoms with Gasteiger partial charge in [0.2, 0.25) is 0 Å². The Labute approximate surface area is 300 Å². The predicted octanol–water partition coefficient (Wildman–Crippen LogP) is 8.30. The van der Waals surface area contributed by atoms with Crippen molar-refractivity contribution in [2.24, 2.45) is 0 Å². The summed E-state index contributed by atoms with van der Waals surface area (Å²) in [6.45, 7) is 4.54. The monoisotopic (exact) mass is 703 g/mol. The minimum absolute atomic E-state index is 0.107. The van der Waals surface area contributed by atoms with E-state index in [-0.39, 0.29) is 19.2 Å². The number of aliphatic hydroxyl groups excluding tert-OH is 4. The maximum atomic E-state index is 12.6. The number of unbranched alkanes of at least 4 members (excludes halogenated alkanes) is 24. The molecule has 1 saturated heterocycles. The Morgan fingerprint density at radius 1 is 0.571 bits per heavy atom. The zero-order valence-corrected chi connectivity index (χ0v) is 31.7. The van der Waals surface area contributed by atoms with Gasteiger partial charge in [-0.3, -0.25) is 4.79 Å². The van der Waals surface area contributed by atoms with E-state index >= 15 is 0 Å². The Hall–Kier alpha value is -0.810. The van der Waals surface area contributed by atoms with Gasteiger partial charge in [0, 0.05) is 13.0 Å². The summed E-state index contributed by atoms with van der Waals surface area (Å²) in [5.41, 5.74) is 0. The minimum atomic E-state index is -1.53. The molecule has 1 heterocycles. The quantitative estimate of drug-likeness (QED) is 0.0380. The van der Waals surface area contributed by atoms with Crippen molar-refractivity contribution < 1.29 is 44.2 Å². The first-order chi connectivity index (χ1) is 23.9. The van der Waals surface area contributed by atoms with E-state index in [1.54, 1.807) is 0 Å². The third-order valence-corrected chi connectivity index (χ3v) is 9.77. The second kappa shape index (κ2) is 33.1. The molecule has 1 fully saturated rings. The topological polar surface area (TPSA) is 135 Å². The number of rotatable bonds is 35. The van der Waals surface area contributed by atoms with Crippen molar-refractivity contribution in [1.82, 2.24) is 0 Å². The third-order valence-electron chi connectivity index (χ3n) is 9.77. The van der Waals surface area contributed by atoms with E-state index in [0.717, 1.165) is 32.1 Å². The minimum Gasteiger partial charge on any atom is -0.457 e. The summed E-state index contributed by atoms with van der Waals surface area (Å²) < 4.78 is 22.7. The SMILES string of the molecule is CCCCCCCCCCCCCCCCCCCCCOCC(COC1OC(CO)C(O)C(O)C1O)OC(=O)CCCCCCCCC. The van der Waals surface area contributed by atoms with Gasteiger partial charge in [0.25, 0.3) is 0 Å². The van der Waals surface area contributed by atoms with Gasteiger partial charge < -0.3 is 39.4 Å². The van der Waals surface area contributed by atoms with Crippen molar-refractivity contribution in [2.45, 2.75) is 224 Å². The van der Waals surface area contributed by atoms with Gasteiger partial charge in [0.05, 0.1) is 19.8 Å². The van der Waals surface area contributed by atoms with Crippen molar-refractivity contribution >= 4 is 5.97 Å². The summed E-state index contributed by atoms with van der Waals surface area (Å²) in [6.07, 6.45) is 25.8. The van der Waals surface area contributed by atoms with E-state index in [1.165, 1.54) is 135 Å². The highest BCUT2D eigenvalue weighted by atomic mass is 16.7. The highest BCUT2D eigenvalue weighted by Gasteiger charge is 2.44. The molecule has 6 unspecified atom stereocenters. The van der Waals surface area contributed by atoms with Crippen molar-refractivity contribution in [3.8, 4) is 0 Å². The van der Waals surface area contributed by atoms with Crippen LogP contribution in [0, 0.1) is 0 Å². The summed E-state index contributed by atoms with van der Waals surface area (Å²) in [6, 6.07) is 0. The van der Waals surface area contributed by atoms with Gasteiger partial charge in [-0.2, -0.15) is 0 Å². The van der Waals surface area contributed by atoms with E-state index in [1.807, 2.05) is 0 Å². The fourth-order valence-electron chi connectivity index (χ4n) is 6.49. The normalized spacial score (nSPS) is 21.6. The fourth-order valence-corrected chi connectivity index (χ4v) is 6.49. The maximum Gasteiger partial charge on any atom is 0.306 e. The number of esters is 1. The van der Waals surface area contributed by atoms with Crippen molar-refractivity contribution in [1.29, 1.82) is 0 Å². The third kappa shape index (κ3) is 24.9. The Bertz CT molecular complexity index is 722. The molecule has 9 nitrogen and oxygen atoms in total.